The van der Waals surface area contributed by atoms with E-state index < -0.39 is 5.97 Å². The highest BCUT2D eigenvalue weighted by atomic mass is 16.4. The van der Waals surface area contributed by atoms with E-state index in [2.05, 4.69) is 15.3 Å². The fourth-order valence-electron chi connectivity index (χ4n) is 2.04. The number of hydrogen-bond donors (Lipinski definition) is 2. The summed E-state index contributed by atoms with van der Waals surface area (Å²) in [6.45, 7) is 0. The number of carboxylic acid groups (broad SMARTS) is 1. The molecule has 5 heteroatoms. The van der Waals surface area contributed by atoms with Gasteiger partial charge in [0.1, 0.15) is 5.56 Å². The standard InChI is InChI=1S/C15H11N3O2/c19-15(20)12-9-17-7-5-14(12)18-13-3-1-2-10-4-6-16-8-11(10)13/h1-9H,(H,17,18)(H,19,20). The molecule has 0 fully saturated rings. The molecule has 0 unspecified atom stereocenters. The lowest BCUT2D eigenvalue weighted by molar-refractivity contribution is 0.0697. The van der Waals surface area contributed by atoms with Gasteiger partial charge in [0.25, 0.3) is 0 Å². The van der Waals surface area contributed by atoms with E-state index in [9.17, 15) is 4.79 Å². The first-order valence-electron chi connectivity index (χ1n) is 6.03. The monoisotopic (exact) mass is 265 g/mol. The van der Waals surface area contributed by atoms with Crippen molar-refractivity contribution in [3.05, 3.63) is 60.7 Å². The van der Waals surface area contributed by atoms with Crippen molar-refractivity contribution in [1.29, 1.82) is 0 Å². The Morgan fingerprint density at radius 3 is 2.65 bits per heavy atom. The van der Waals surface area contributed by atoms with Crippen molar-refractivity contribution in [1.82, 2.24) is 9.97 Å². The lowest BCUT2D eigenvalue weighted by atomic mass is 10.1. The number of aromatic nitrogens is 2. The molecule has 2 aromatic heterocycles. The number of rotatable bonds is 3. The van der Waals surface area contributed by atoms with E-state index in [-0.39, 0.29) is 5.56 Å². The second-order valence-electron chi connectivity index (χ2n) is 4.25. The van der Waals surface area contributed by atoms with E-state index in [1.54, 1.807) is 24.7 Å². The van der Waals surface area contributed by atoms with Gasteiger partial charge in [0, 0.05) is 35.9 Å². The first-order chi connectivity index (χ1) is 9.75. The van der Waals surface area contributed by atoms with Gasteiger partial charge in [-0.25, -0.2) is 4.79 Å². The highest BCUT2D eigenvalue weighted by Gasteiger charge is 2.10. The van der Waals surface area contributed by atoms with Crippen LogP contribution in [0.25, 0.3) is 10.8 Å². The zero-order valence-corrected chi connectivity index (χ0v) is 10.4. The Morgan fingerprint density at radius 2 is 1.80 bits per heavy atom. The summed E-state index contributed by atoms with van der Waals surface area (Å²) in [5, 5.41) is 14.3. The van der Waals surface area contributed by atoms with Crippen LogP contribution in [-0.4, -0.2) is 21.0 Å². The third-order valence-electron chi connectivity index (χ3n) is 3.00. The summed E-state index contributed by atoms with van der Waals surface area (Å²) in [4.78, 5) is 19.1. The van der Waals surface area contributed by atoms with Gasteiger partial charge in [-0.15, -0.1) is 0 Å². The third-order valence-corrected chi connectivity index (χ3v) is 3.00. The quantitative estimate of drug-likeness (QED) is 0.761. The van der Waals surface area contributed by atoms with Crippen LogP contribution < -0.4 is 5.32 Å². The molecule has 0 radical (unpaired) electrons. The largest absolute Gasteiger partial charge is 0.478 e. The molecular formula is C15H11N3O2. The summed E-state index contributed by atoms with van der Waals surface area (Å²) in [5.41, 5.74) is 1.45. The molecule has 0 aliphatic heterocycles. The van der Waals surface area contributed by atoms with Gasteiger partial charge in [0.05, 0.1) is 5.69 Å². The number of aromatic carboxylic acids is 1. The number of nitrogens with one attached hydrogen (secondary N) is 1. The number of carboxylic acids is 1. The zero-order valence-electron chi connectivity index (χ0n) is 10.4. The molecule has 2 heterocycles. The number of nitrogens with zero attached hydrogens (tertiary/aromatic N) is 2. The Balaban J connectivity index is 2.08. The molecule has 0 saturated carbocycles. The van der Waals surface area contributed by atoms with Crippen LogP contribution in [0, 0.1) is 0 Å². The summed E-state index contributed by atoms with van der Waals surface area (Å²) in [6.07, 6.45) is 6.35. The molecule has 0 saturated heterocycles. The SMILES string of the molecule is O=C(O)c1cnccc1Nc1cccc2ccncc12. The molecule has 20 heavy (non-hydrogen) atoms. The van der Waals surface area contributed by atoms with Gasteiger partial charge < -0.3 is 10.4 Å². The minimum atomic E-state index is -1.01. The Hall–Kier alpha value is -2.95. The van der Waals surface area contributed by atoms with Crippen LogP contribution >= 0.6 is 0 Å². The van der Waals surface area contributed by atoms with Crippen molar-refractivity contribution in [3.63, 3.8) is 0 Å². The van der Waals surface area contributed by atoms with Gasteiger partial charge >= 0.3 is 5.97 Å². The molecular weight excluding hydrogens is 254 g/mol. The average molecular weight is 265 g/mol. The molecule has 2 N–H and O–H groups in total. The maximum Gasteiger partial charge on any atom is 0.339 e. The van der Waals surface area contributed by atoms with Gasteiger partial charge in [-0.1, -0.05) is 12.1 Å². The van der Waals surface area contributed by atoms with Crippen LogP contribution in [0.5, 0.6) is 0 Å². The van der Waals surface area contributed by atoms with E-state index >= 15 is 0 Å². The Labute approximate surface area is 114 Å². The Kier molecular flexibility index (Phi) is 3.01. The number of benzene rings is 1. The van der Waals surface area contributed by atoms with Crippen molar-refractivity contribution in [2.24, 2.45) is 0 Å². The average Bonchev–Trinajstić information content (AvgIpc) is 2.48. The van der Waals surface area contributed by atoms with E-state index in [1.165, 1.54) is 6.20 Å². The Morgan fingerprint density at radius 1 is 1.00 bits per heavy atom. The molecule has 0 aliphatic carbocycles. The number of fused-ring (bicyclic) bond motifs is 1. The molecule has 3 rings (SSSR count). The van der Waals surface area contributed by atoms with Crippen molar-refractivity contribution in [3.8, 4) is 0 Å². The number of carbonyl (C=O) groups is 1. The van der Waals surface area contributed by atoms with Crippen molar-refractivity contribution in [2.75, 3.05) is 5.32 Å². The van der Waals surface area contributed by atoms with Gasteiger partial charge in [0.15, 0.2) is 0 Å². The summed E-state index contributed by atoms with van der Waals surface area (Å²) in [7, 11) is 0. The number of anilines is 2. The topological polar surface area (TPSA) is 75.1 Å². The van der Waals surface area contributed by atoms with Gasteiger partial charge in [-0.2, -0.15) is 0 Å². The fourth-order valence-corrected chi connectivity index (χ4v) is 2.04. The third kappa shape index (κ3) is 2.16. The molecule has 0 amide bonds. The number of pyridine rings is 2. The fraction of sp³-hybridized carbons (Fsp3) is 0. The molecule has 1 aromatic carbocycles. The second kappa shape index (κ2) is 4.97. The molecule has 0 atom stereocenters. The smallest absolute Gasteiger partial charge is 0.339 e. The Bertz CT molecular complexity index is 781. The molecule has 0 bridgehead atoms. The van der Waals surface area contributed by atoms with Gasteiger partial charge in [-0.3, -0.25) is 9.97 Å². The molecule has 98 valence electrons. The normalized spacial score (nSPS) is 10.4. The van der Waals surface area contributed by atoms with E-state index in [0.717, 1.165) is 16.5 Å². The van der Waals surface area contributed by atoms with Crippen LogP contribution in [0.15, 0.2) is 55.1 Å². The maximum atomic E-state index is 11.2. The summed E-state index contributed by atoms with van der Waals surface area (Å²) in [5.74, 6) is -1.01. The summed E-state index contributed by atoms with van der Waals surface area (Å²) < 4.78 is 0. The van der Waals surface area contributed by atoms with Crippen molar-refractivity contribution in [2.45, 2.75) is 0 Å². The summed E-state index contributed by atoms with van der Waals surface area (Å²) >= 11 is 0. The lowest BCUT2D eigenvalue weighted by Crippen LogP contribution is -2.03. The molecule has 0 aliphatic rings. The second-order valence-corrected chi connectivity index (χ2v) is 4.25. The predicted octanol–water partition coefficient (Wildman–Crippen LogP) is 3.07. The molecule has 0 spiro atoms. The van der Waals surface area contributed by atoms with Crippen LogP contribution in [0.2, 0.25) is 0 Å². The minimum absolute atomic E-state index is 0.133. The van der Waals surface area contributed by atoms with Crippen LogP contribution in [0.1, 0.15) is 10.4 Å². The minimum Gasteiger partial charge on any atom is -0.478 e. The van der Waals surface area contributed by atoms with Crippen molar-refractivity contribution < 1.29 is 9.90 Å². The first-order valence-corrected chi connectivity index (χ1v) is 6.03. The lowest BCUT2D eigenvalue weighted by Gasteiger charge is -2.11. The summed E-state index contributed by atoms with van der Waals surface area (Å²) in [6, 6.07) is 9.32. The van der Waals surface area contributed by atoms with E-state index in [1.807, 2.05) is 24.3 Å². The molecule has 5 nitrogen and oxygen atoms in total. The van der Waals surface area contributed by atoms with Crippen LogP contribution in [0.4, 0.5) is 11.4 Å². The van der Waals surface area contributed by atoms with E-state index in [0.29, 0.717) is 5.69 Å². The van der Waals surface area contributed by atoms with Gasteiger partial charge in [0.2, 0.25) is 0 Å². The highest BCUT2D eigenvalue weighted by molar-refractivity contribution is 5.99. The first kappa shape index (κ1) is 12.1. The zero-order chi connectivity index (χ0) is 13.9. The van der Waals surface area contributed by atoms with E-state index in [4.69, 9.17) is 5.11 Å². The van der Waals surface area contributed by atoms with Crippen molar-refractivity contribution >= 4 is 28.1 Å². The number of hydrogen-bond acceptors (Lipinski definition) is 4. The molecule has 3 aromatic rings. The van der Waals surface area contributed by atoms with Gasteiger partial charge in [-0.05, 0) is 23.6 Å². The maximum absolute atomic E-state index is 11.2. The highest BCUT2D eigenvalue weighted by Crippen LogP contribution is 2.26. The van der Waals surface area contributed by atoms with Crippen LogP contribution in [0.3, 0.4) is 0 Å². The van der Waals surface area contributed by atoms with Crippen LogP contribution in [-0.2, 0) is 0 Å². The predicted molar refractivity (Wildman–Crippen MR) is 76.2 cm³/mol.